The van der Waals surface area contributed by atoms with Gasteiger partial charge in [0.15, 0.2) is 0 Å². The first-order chi connectivity index (χ1) is 8.26. The van der Waals surface area contributed by atoms with Crippen molar-refractivity contribution in [2.24, 2.45) is 11.7 Å². The monoisotopic (exact) mass is 234 g/mol. The SMILES string of the molecule is CCCC(CN)CN(C)CCc1ccccc1. The van der Waals surface area contributed by atoms with Crippen LogP contribution in [-0.2, 0) is 6.42 Å². The summed E-state index contributed by atoms with van der Waals surface area (Å²) in [4.78, 5) is 2.40. The molecule has 0 radical (unpaired) electrons. The molecule has 2 N–H and O–H groups in total. The van der Waals surface area contributed by atoms with E-state index in [-0.39, 0.29) is 0 Å². The van der Waals surface area contributed by atoms with Gasteiger partial charge < -0.3 is 10.6 Å². The van der Waals surface area contributed by atoms with E-state index in [0.717, 1.165) is 26.1 Å². The summed E-state index contributed by atoms with van der Waals surface area (Å²) >= 11 is 0. The summed E-state index contributed by atoms with van der Waals surface area (Å²) < 4.78 is 0. The first-order valence-electron chi connectivity index (χ1n) is 6.68. The van der Waals surface area contributed by atoms with Gasteiger partial charge >= 0.3 is 0 Å². The highest BCUT2D eigenvalue weighted by Crippen LogP contribution is 2.07. The fourth-order valence-corrected chi connectivity index (χ4v) is 2.19. The molecule has 0 bridgehead atoms. The van der Waals surface area contributed by atoms with Crippen LogP contribution in [-0.4, -0.2) is 31.6 Å². The van der Waals surface area contributed by atoms with Gasteiger partial charge in [0.1, 0.15) is 0 Å². The Hall–Kier alpha value is -0.860. The third kappa shape index (κ3) is 5.85. The van der Waals surface area contributed by atoms with E-state index in [1.165, 1.54) is 18.4 Å². The minimum atomic E-state index is 0.653. The van der Waals surface area contributed by atoms with Gasteiger partial charge in [-0.2, -0.15) is 0 Å². The van der Waals surface area contributed by atoms with Crippen LogP contribution in [0.1, 0.15) is 25.3 Å². The van der Waals surface area contributed by atoms with Crippen LogP contribution in [0.5, 0.6) is 0 Å². The fraction of sp³-hybridized carbons (Fsp3) is 0.600. The first-order valence-corrected chi connectivity index (χ1v) is 6.68. The Balaban J connectivity index is 2.27. The van der Waals surface area contributed by atoms with Crippen LogP contribution in [0.15, 0.2) is 30.3 Å². The Morgan fingerprint density at radius 1 is 1.24 bits per heavy atom. The Kier molecular flexibility index (Phi) is 6.90. The van der Waals surface area contributed by atoms with Gasteiger partial charge in [-0.15, -0.1) is 0 Å². The van der Waals surface area contributed by atoms with Gasteiger partial charge in [0, 0.05) is 13.1 Å². The number of benzene rings is 1. The van der Waals surface area contributed by atoms with Crippen LogP contribution < -0.4 is 5.73 Å². The van der Waals surface area contributed by atoms with Gasteiger partial charge in [-0.25, -0.2) is 0 Å². The number of likely N-dealkylation sites (N-methyl/N-ethyl adjacent to an activating group) is 1. The molecule has 1 rings (SSSR count). The molecule has 2 nitrogen and oxygen atoms in total. The predicted octanol–water partition coefficient (Wildman–Crippen LogP) is 2.54. The van der Waals surface area contributed by atoms with Crippen molar-refractivity contribution in [1.29, 1.82) is 0 Å². The number of nitrogens with two attached hydrogens (primary N) is 1. The summed E-state index contributed by atoms with van der Waals surface area (Å²) in [7, 11) is 2.20. The summed E-state index contributed by atoms with van der Waals surface area (Å²) in [6.45, 7) is 5.28. The lowest BCUT2D eigenvalue weighted by molar-refractivity contribution is 0.272. The van der Waals surface area contributed by atoms with Gasteiger partial charge in [0.2, 0.25) is 0 Å². The molecule has 2 heteroatoms. The van der Waals surface area contributed by atoms with E-state index in [1.54, 1.807) is 0 Å². The Morgan fingerprint density at radius 3 is 2.53 bits per heavy atom. The van der Waals surface area contributed by atoms with Gasteiger partial charge in [-0.05, 0) is 37.9 Å². The third-order valence-corrected chi connectivity index (χ3v) is 3.23. The fourth-order valence-electron chi connectivity index (χ4n) is 2.19. The standard InChI is InChI=1S/C15H26N2/c1-3-7-15(12-16)13-17(2)11-10-14-8-5-4-6-9-14/h4-6,8-9,15H,3,7,10-13,16H2,1-2H3. The van der Waals surface area contributed by atoms with E-state index < -0.39 is 0 Å². The highest BCUT2D eigenvalue weighted by molar-refractivity contribution is 5.14. The molecule has 0 aliphatic rings. The Bertz CT molecular complexity index is 284. The molecule has 0 aromatic heterocycles. The van der Waals surface area contributed by atoms with Crippen molar-refractivity contribution in [3.05, 3.63) is 35.9 Å². The van der Waals surface area contributed by atoms with E-state index in [1.807, 2.05) is 0 Å². The maximum atomic E-state index is 5.79. The molecule has 0 heterocycles. The van der Waals surface area contributed by atoms with Crippen molar-refractivity contribution >= 4 is 0 Å². The Labute approximate surface area is 106 Å². The molecule has 0 aliphatic heterocycles. The van der Waals surface area contributed by atoms with E-state index in [2.05, 4.69) is 49.2 Å². The molecule has 0 fully saturated rings. The van der Waals surface area contributed by atoms with Crippen molar-refractivity contribution < 1.29 is 0 Å². The average Bonchev–Trinajstić information content (AvgIpc) is 2.37. The molecule has 0 saturated heterocycles. The van der Waals surface area contributed by atoms with Gasteiger partial charge in [-0.3, -0.25) is 0 Å². The number of hydrogen-bond donors (Lipinski definition) is 1. The van der Waals surface area contributed by atoms with Crippen LogP contribution in [0.25, 0.3) is 0 Å². The lowest BCUT2D eigenvalue weighted by Crippen LogP contribution is -2.31. The first kappa shape index (κ1) is 14.2. The van der Waals surface area contributed by atoms with Crippen molar-refractivity contribution in [2.45, 2.75) is 26.2 Å². The highest BCUT2D eigenvalue weighted by Gasteiger charge is 2.08. The molecular formula is C15H26N2. The van der Waals surface area contributed by atoms with Crippen LogP contribution in [0, 0.1) is 5.92 Å². The van der Waals surface area contributed by atoms with Crippen LogP contribution >= 0.6 is 0 Å². The molecule has 1 unspecified atom stereocenters. The van der Waals surface area contributed by atoms with E-state index in [4.69, 9.17) is 5.73 Å². The summed E-state index contributed by atoms with van der Waals surface area (Å²) in [5.41, 5.74) is 7.20. The molecule has 17 heavy (non-hydrogen) atoms. The summed E-state index contributed by atoms with van der Waals surface area (Å²) in [6, 6.07) is 10.7. The highest BCUT2D eigenvalue weighted by atomic mass is 15.1. The summed E-state index contributed by atoms with van der Waals surface area (Å²) in [5.74, 6) is 0.653. The van der Waals surface area contributed by atoms with Crippen LogP contribution in [0.4, 0.5) is 0 Å². The molecule has 1 atom stereocenters. The van der Waals surface area contributed by atoms with Crippen LogP contribution in [0.3, 0.4) is 0 Å². The quantitative estimate of drug-likeness (QED) is 0.749. The van der Waals surface area contributed by atoms with Gasteiger partial charge in [0.25, 0.3) is 0 Å². The zero-order valence-electron chi connectivity index (χ0n) is 11.2. The molecule has 96 valence electrons. The molecule has 0 amide bonds. The largest absolute Gasteiger partial charge is 0.330 e. The van der Waals surface area contributed by atoms with Crippen molar-refractivity contribution in [1.82, 2.24) is 4.90 Å². The number of rotatable bonds is 8. The predicted molar refractivity (Wildman–Crippen MR) is 75.1 cm³/mol. The van der Waals surface area contributed by atoms with Crippen molar-refractivity contribution in [2.75, 3.05) is 26.7 Å². The molecular weight excluding hydrogens is 208 g/mol. The molecule has 0 saturated carbocycles. The van der Waals surface area contributed by atoms with E-state index >= 15 is 0 Å². The minimum Gasteiger partial charge on any atom is -0.330 e. The maximum Gasteiger partial charge on any atom is 0.00189 e. The zero-order valence-corrected chi connectivity index (χ0v) is 11.2. The van der Waals surface area contributed by atoms with Crippen molar-refractivity contribution in [3.8, 4) is 0 Å². The van der Waals surface area contributed by atoms with Crippen molar-refractivity contribution in [3.63, 3.8) is 0 Å². The molecule has 0 spiro atoms. The number of nitrogens with zero attached hydrogens (tertiary/aromatic N) is 1. The third-order valence-electron chi connectivity index (χ3n) is 3.23. The lowest BCUT2D eigenvalue weighted by Gasteiger charge is -2.22. The van der Waals surface area contributed by atoms with E-state index in [0.29, 0.717) is 5.92 Å². The smallest absolute Gasteiger partial charge is 0.00189 e. The average molecular weight is 234 g/mol. The Morgan fingerprint density at radius 2 is 1.94 bits per heavy atom. The maximum absolute atomic E-state index is 5.79. The second-order valence-corrected chi connectivity index (χ2v) is 4.89. The van der Waals surface area contributed by atoms with Gasteiger partial charge in [0.05, 0.1) is 0 Å². The molecule has 0 aliphatic carbocycles. The minimum absolute atomic E-state index is 0.653. The van der Waals surface area contributed by atoms with E-state index in [9.17, 15) is 0 Å². The number of hydrogen-bond acceptors (Lipinski definition) is 2. The topological polar surface area (TPSA) is 29.3 Å². The lowest BCUT2D eigenvalue weighted by atomic mass is 10.0. The molecule has 1 aromatic rings. The summed E-state index contributed by atoms with van der Waals surface area (Å²) in [6.07, 6.45) is 3.60. The zero-order chi connectivity index (χ0) is 12.5. The van der Waals surface area contributed by atoms with Crippen LogP contribution in [0.2, 0.25) is 0 Å². The van der Waals surface area contributed by atoms with Gasteiger partial charge in [-0.1, -0.05) is 43.7 Å². The second-order valence-electron chi connectivity index (χ2n) is 4.89. The summed E-state index contributed by atoms with van der Waals surface area (Å²) in [5, 5.41) is 0. The molecule has 1 aromatic carbocycles. The normalized spacial score (nSPS) is 12.9. The second kappa shape index (κ2) is 8.26.